The van der Waals surface area contributed by atoms with E-state index in [4.69, 9.17) is 0 Å². The topological polar surface area (TPSA) is 0 Å². The van der Waals surface area contributed by atoms with Crippen LogP contribution >= 0.6 is 0 Å². The molecule has 2 aliphatic carbocycles. The van der Waals surface area contributed by atoms with Gasteiger partial charge in [0.25, 0.3) is 0 Å². The van der Waals surface area contributed by atoms with Gasteiger partial charge in [-0.25, -0.2) is 0 Å². The summed E-state index contributed by atoms with van der Waals surface area (Å²) in [4.78, 5) is 0. The lowest BCUT2D eigenvalue weighted by atomic mass is 9.85. The Kier molecular flexibility index (Phi) is 5.26. The Labute approximate surface area is 144 Å². The molecule has 1 fully saturated rings. The maximum atomic E-state index is 2.39. The van der Waals surface area contributed by atoms with Crippen LogP contribution in [0.3, 0.4) is 0 Å². The molecule has 1 heteroatoms. The number of hydrogen-bond acceptors (Lipinski definition) is 0. The number of hydrogen-bond donors (Lipinski definition) is 0. The number of allylic oxidation sites excluding steroid dienone is 4. The molecule has 1 aromatic rings. The van der Waals surface area contributed by atoms with Gasteiger partial charge in [-0.15, -0.1) is 0 Å². The molecule has 0 amide bonds. The summed E-state index contributed by atoms with van der Waals surface area (Å²) in [5.74, 6) is 1.56. The second-order valence-corrected chi connectivity index (χ2v) is 8.89. The highest BCUT2D eigenvalue weighted by Crippen LogP contribution is 2.36. The van der Waals surface area contributed by atoms with Gasteiger partial charge in [0.15, 0.2) is 0 Å². The van der Waals surface area contributed by atoms with Crippen LogP contribution in [0.5, 0.6) is 0 Å². The molecule has 0 saturated heterocycles. The zero-order valence-corrected chi connectivity index (χ0v) is 16.2. The third-order valence-corrected chi connectivity index (χ3v) is 8.00. The maximum absolute atomic E-state index is 2.39. The van der Waals surface area contributed by atoms with Crippen LogP contribution in [0.2, 0.25) is 0 Å². The van der Waals surface area contributed by atoms with Crippen LogP contribution in [0.25, 0.3) is 0 Å². The molecule has 2 aliphatic rings. The van der Waals surface area contributed by atoms with Gasteiger partial charge in [0, 0.05) is 0 Å². The first-order chi connectivity index (χ1) is 11.1. The molecule has 0 nitrogen and oxygen atoms in total. The standard InChI is InChI=1S/C22H30Si/c1-15-16(2)18(4)22(17(15)3)23-21-13-9-8-12-20(21)14-19-10-6-5-7-11-19/h8-9,12-13,17,19H,5-7,10-11,14H2,1-4H3. The van der Waals surface area contributed by atoms with Crippen molar-refractivity contribution in [2.24, 2.45) is 11.8 Å². The van der Waals surface area contributed by atoms with Gasteiger partial charge >= 0.3 is 0 Å². The molecular weight excluding hydrogens is 292 g/mol. The average Bonchev–Trinajstić information content (AvgIpc) is 2.75. The Hall–Kier alpha value is -1.08. The molecule has 0 heterocycles. The summed E-state index contributed by atoms with van der Waals surface area (Å²) in [5.41, 5.74) is 6.28. The van der Waals surface area contributed by atoms with Gasteiger partial charge in [-0.2, -0.15) is 0 Å². The summed E-state index contributed by atoms with van der Waals surface area (Å²) in [6.45, 7) is 9.33. The molecule has 0 aliphatic heterocycles. The summed E-state index contributed by atoms with van der Waals surface area (Å²) < 4.78 is 0. The molecular formula is C22H30Si. The van der Waals surface area contributed by atoms with E-state index in [0.717, 1.165) is 15.4 Å². The first-order valence-corrected chi connectivity index (χ1v) is 10.3. The van der Waals surface area contributed by atoms with Crippen LogP contribution in [0.15, 0.2) is 46.2 Å². The maximum Gasteiger partial charge on any atom is 0.117 e. The minimum atomic E-state index is 0.635. The summed E-state index contributed by atoms with van der Waals surface area (Å²) in [7, 11) is 0.849. The molecule has 1 aromatic carbocycles. The number of benzene rings is 1. The van der Waals surface area contributed by atoms with Gasteiger partial charge in [-0.1, -0.05) is 84.8 Å². The molecule has 2 radical (unpaired) electrons. The van der Waals surface area contributed by atoms with Gasteiger partial charge in [0.05, 0.1) is 0 Å². The lowest BCUT2D eigenvalue weighted by Gasteiger charge is -2.23. The third kappa shape index (κ3) is 3.55. The van der Waals surface area contributed by atoms with E-state index in [1.165, 1.54) is 44.1 Å². The van der Waals surface area contributed by atoms with Crippen LogP contribution < -0.4 is 5.19 Å². The fourth-order valence-electron chi connectivity index (χ4n) is 4.23. The molecule has 3 rings (SSSR count). The van der Waals surface area contributed by atoms with Crippen molar-refractivity contribution in [3.8, 4) is 0 Å². The van der Waals surface area contributed by atoms with E-state index < -0.39 is 0 Å². The predicted octanol–water partition coefficient (Wildman–Crippen LogP) is 5.40. The van der Waals surface area contributed by atoms with Gasteiger partial charge in [-0.3, -0.25) is 0 Å². The van der Waals surface area contributed by atoms with Crippen molar-refractivity contribution in [2.75, 3.05) is 0 Å². The van der Waals surface area contributed by atoms with Crippen LogP contribution in [0.1, 0.15) is 65.4 Å². The highest BCUT2D eigenvalue weighted by molar-refractivity contribution is 6.62. The highest BCUT2D eigenvalue weighted by atomic mass is 28.2. The first-order valence-electron chi connectivity index (χ1n) is 9.31. The van der Waals surface area contributed by atoms with Crippen molar-refractivity contribution in [3.05, 3.63) is 51.7 Å². The fourth-order valence-corrected chi connectivity index (χ4v) is 5.86. The Bertz CT molecular complexity index is 629. The van der Waals surface area contributed by atoms with Crippen LogP contribution in [0, 0.1) is 11.8 Å². The van der Waals surface area contributed by atoms with E-state index >= 15 is 0 Å². The molecule has 122 valence electrons. The van der Waals surface area contributed by atoms with Crippen LogP contribution in [-0.2, 0) is 6.42 Å². The monoisotopic (exact) mass is 322 g/mol. The lowest BCUT2D eigenvalue weighted by Crippen LogP contribution is -2.25. The summed E-state index contributed by atoms with van der Waals surface area (Å²) in [5, 5.41) is 3.28. The van der Waals surface area contributed by atoms with E-state index in [-0.39, 0.29) is 0 Å². The predicted molar refractivity (Wildman–Crippen MR) is 102 cm³/mol. The second kappa shape index (κ2) is 7.21. The highest BCUT2D eigenvalue weighted by Gasteiger charge is 2.25. The molecule has 1 saturated carbocycles. The SMILES string of the molecule is CC1=C(C)C(C)C([Si]c2ccccc2CC2CCCCC2)=C1C. The molecule has 1 atom stereocenters. The molecule has 1 unspecified atom stereocenters. The van der Waals surface area contributed by atoms with Crippen molar-refractivity contribution in [3.63, 3.8) is 0 Å². The Morgan fingerprint density at radius 3 is 2.30 bits per heavy atom. The molecule has 0 spiro atoms. The van der Waals surface area contributed by atoms with Gasteiger partial charge in [0.2, 0.25) is 0 Å². The summed E-state index contributed by atoms with van der Waals surface area (Å²) in [6.07, 6.45) is 8.52. The van der Waals surface area contributed by atoms with Crippen molar-refractivity contribution in [1.82, 2.24) is 0 Å². The molecule has 23 heavy (non-hydrogen) atoms. The minimum Gasteiger partial charge on any atom is -0.0695 e. The zero-order valence-electron chi connectivity index (χ0n) is 15.2. The zero-order chi connectivity index (χ0) is 16.4. The van der Waals surface area contributed by atoms with E-state index in [2.05, 4.69) is 52.0 Å². The first kappa shape index (κ1) is 16.8. The van der Waals surface area contributed by atoms with Crippen molar-refractivity contribution in [2.45, 2.75) is 66.2 Å². The van der Waals surface area contributed by atoms with Crippen molar-refractivity contribution < 1.29 is 0 Å². The average molecular weight is 323 g/mol. The fraction of sp³-hybridized carbons (Fsp3) is 0.545. The lowest BCUT2D eigenvalue weighted by molar-refractivity contribution is 0.357. The molecule has 0 aromatic heterocycles. The van der Waals surface area contributed by atoms with Gasteiger partial charge in [0.1, 0.15) is 9.52 Å². The van der Waals surface area contributed by atoms with E-state index in [9.17, 15) is 0 Å². The normalized spacial score (nSPS) is 23.0. The summed E-state index contributed by atoms with van der Waals surface area (Å²) in [6, 6.07) is 9.24. The van der Waals surface area contributed by atoms with Gasteiger partial charge < -0.3 is 0 Å². The third-order valence-electron chi connectivity index (χ3n) is 6.16. The van der Waals surface area contributed by atoms with E-state index in [1.54, 1.807) is 27.1 Å². The van der Waals surface area contributed by atoms with Crippen LogP contribution in [0.4, 0.5) is 0 Å². The molecule has 0 N–H and O–H groups in total. The Morgan fingerprint density at radius 1 is 0.957 bits per heavy atom. The Morgan fingerprint density at radius 2 is 1.65 bits per heavy atom. The smallest absolute Gasteiger partial charge is 0.0695 e. The summed E-state index contributed by atoms with van der Waals surface area (Å²) >= 11 is 0. The van der Waals surface area contributed by atoms with Crippen molar-refractivity contribution in [1.29, 1.82) is 0 Å². The number of rotatable bonds is 4. The van der Waals surface area contributed by atoms with Crippen LogP contribution in [-0.4, -0.2) is 9.52 Å². The molecule has 0 bridgehead atoms. The Balaban J connectivity index is 1.79. The largest absolute Gasteiger partial charge is 0.117 e. The van der Waals surface area contributed by atoms with E-state index in [0.29, 0.717) is 5.92 Å². The quantitative estimate of drug-likeness (QED) is 0.651. The van der Waals surface area contributed by atoms with Crippen molar-refractivity contribution >= 4 is 14.7 Å². The van der Waals surface area contributed by atoms with Gasteiger partial charge in [-0.05, 0) is 50.2 Å². The second-order valence-electron chi connectivity index (χ2n) is 7.56. The van der Waals surface area contributed by atoms with E-state index in [1.807, 2.05) is 0 Å². The minimum absolute atomic E-state index is 0.635.